The van der Waals surface area contributed by atoms with Crippen LogP contribution in [0.3, 0.4) is 0 Å². The topological polar surface area (TPSA) is 44.0 Å². The highest BCUT2D eigenvalue weighted by Gasteiger charge is 2.47. The van der Waals surface area contributed by atoms with Gasteiger partial charge >= 0.3 is 0 Å². The summed E-state index contributed by atoms with van der Waals surface area (Å²) >= 11 is 0. The lowest BCUT2D eigenvalue weighted by Gasteiger charge is -2.33. The Balaban J connectivity index is 2.43. The van der Waals surface area contributed by atoms with Crippen LogP contribution in [0.5, 0.6) is 0 Å². The summed E-state index contributed by atoms with van der Waals surface area (Å²) in [5.74, 6) is 0.204. The smallest absolute Gasteiger partial charge is 0.109 e. The second-order valence-electron chi connectivity index (χ2n) is 5.26. The van der Waals surface area contributed by atoms with Gasteiger partial charge in [-0.3, -0.25) is 0 Å². The van der Waals surface area contributed by atoms with Crippen molar-refractivity contribution >= 4 is 0 Å². The van der Waals surface area contributed by atoms with E-state index in [1.165, 1.54) is 5.56 Å². The van der Waals surface area contributed by atoms with E-state index < -0.39 is 11.5 Å². The Morgan fingerprint density at radius 3 is 2.61 bits per heavy atom. The first-order valence-electron chi connectivity index (χ1n) is 6.87. The average molecular weight is 243 g/mol. The van der Waals surface area contributed by atoms with Crippen LogP contribution in [0.4, 0.5) is 0 Å². The second kappa shape index (κ2) is 5.12. The molecule has 1 aliphatic rings. The molecule has 2 nitrogen and oxygen atoms in total. The predicted molar refractivity (Wildman–Crippen MR) is 72.1 cm³/mol. The molecule has 0 heterocycles. The number of fused-ring (bicyclic) bond motifs is 1. The van der Waals surface area contributed by atoms with Crippen molar-refractivity contribution in [1.29, 1.82) is 5.26 Å². The first-order chi connectivity index (χ1) is 8.69. The SMILES string of the molecule is CCC(CC)C(O)C1(C#N)CCc2ccccc21. The summed E-state index contributed by atoms with van der Waals surface area (Å²) in [4.78, 5) is 0. The summed E-state index contributed by atoms with van der Waals surface area (Å²) in [6.45, 7) is 4.17. The van der Waals surface area contributed by atoms with Gasteiger partial charge in [-0.05, 0) is 29.9 Å². The van der Waals surface area contributed by atoms with E-state index >= 15 is 0 Å². The molecule has 0 fully saturated rings. The summed E-state index contributed by atoms with van der Waals surface area (Å²) in [7, 11) is 0. The third-order valence-corrected chi connectivity index (χ3v) is 4.49. The normalized spacial score (nSPS) is 23.7. The highest BCUT2D eigenvalue weighted by Crippen LogP contribution is 2.44. The molecular formula is C16H21NO. The van der Waals surface area contributed by atoms with Crippen molar-refractivity contribution in [2.45, 2.75) is 51.0 Å². The van der Waals surface area contributed by atoms with Crippen LogP contribution in [0.1, 0.15) is 44.2 Å². The third-order valence-electron chi connectivity index (χ3n) is 4.49. The molecule has 2 heteroatoms. The van der Waals surface area contributed by atoms with Crippen molar-refractivity contribution in [1.82, 2.24) is 0 Å². The number of aliphatic hydroxyl groups is 1. The van der Waals surface area contributed by atoms with Crippen molar-refractivity contribution in [2.24, 2.45) is 5.92 Å². The average Bonchev–Trinajstić information content (AvgIpc) is 2.80. The van der Waals surface area contributed by atoms with Crippen LogP contribution in [-0.4, -0.2) is 11.2 Å². The molecule has 1 aliphatic carbocycles. The van der Waals surface area contributed by atoms with Gasteiger partial charge < -0.3 is 5.11 Å². The van der Waals surface area contributed by atoms with Gasteiger partial charge in [0, 0.05) is 0 Å². The number of aryl methyl sites for hydroxylation is 1. The molecule has 96 valence electrons. The van der Waals surface area contributed by atoms with Crippen LogP contribution in [0.25, 0.3) is 0 Å². The summed E-state index contributed by atoms with van der Waals surface area (Å²) in [5.41, 5.74) is 1.59. The molecule has 0 amide bonds. The monoisotopic (exact) mass is 243 g/mol. The fraction of sp³-hybridized carbons (Fsp3) is 0.562. The van der Waals surface area contributed by atoms with Gasteiger partial charge in [0.05, 0.1) is 12.2 Å². The van der Waals surface area contributed by atoms with Gasteiger partial charge in [-0.15, -0.1) is 0 Å². The molecule has 2 unspecified atom stereocenters. The molecular weight excluding hydrogens is 222 g/mol. The number of rotatable bonds is 4. The van der Waals surface area contributed by atoms with Crippen molar-refractivity contribution in [3.05, 3.63) is 35.4 Å². The second-order valence-corrected chi connectivity index (χ2v) is 5.26. The number of nitriles is 1. The Kier molecular flexibility index (Phi) is 3.73. The molecule has 0 aromatic heterocycles. The van der Waals surface area contributed by atoms with E-state index in [2.05, 4.69) is 26.0 Å². The van der Waals surface area contributed by atoms with Crippen molar-refractivity contribution < 1.29 is 5.11 Å². The molecule has 2 rings (SSSR count). The lowest BCUT2D eigenvalue weighted by Crippen LogP contribution is -2.41. The standard InChI is InChI=1S/C16H21NO/c1-3-12(4-2)15(18)16(11-17)10-9-13-7-5-6-8-14(13)16/h5-8,12,15,18H,3-4,9-10H2,1-2H3. The molecule has 1 aromatic rings. The minimum absolute atomic E-state index is 0.204. The summed E-state index contributed by atoms with van der Waals surface area (Å²) in [6, 6.07) is 10.5. The molecule has 2 atom stereocenters. The maximum Gasteiger partial charge on any atom is 0.109 e. The van der Waals surface area contributed by atoms with Crippen molar-refractivity contribution in [2.75, 3.05) is 0 Å². The van der Waals surface area contributed by atoms with E-state index in [1.807, 2.05) is 18.2 Å². The summed E-state index contributed by atoms with van der Waals surface area (Å²) < 4.78 is 0. The summed E-state index contributed by atoms with van der Waals surface area (Å²) in [5, 5.41) is 20.3. The quantitative estimate of drug-likeness (QED) is 0.882. The van der Waals surface area contributed by atoms with Crippen LogP contribution in [0, 0.1) is 17.2 Å². The molecule has 1 N–H and O–H groups in total. The number of aliphatic hydroxyl groups excluding tert-OH is 1. The number of hydrogen-bond acceptors (Lipinski definition) is 2. The molecule has 0 saturated carbocycles. The van der Waals surface area contributed by atoms with Crippen LogP contribution in [-0.2, 0) is 11.8 Å². The van der Waals surface area contributed by atoms with Gasteiger partial charge in [0.2, 0.25) is 0 Å². The Morgan fingerprint density at radius 2 is 2.00 bits per heavy atom. The lowest BCUT2D eigenvalue weighted by atomic mass is 9.72. The van der Waals surface area contributed by atoms with Crippen LogP contribution < -0.4 is 0 Å². The van der Waals surface area contributed by atoms with E-state index in [-0.39, 0.29) is 5.92 Å². The Bertz CT molecular complexity index is 458. The molecule has 0 aliphatic heterocycles. The van der Waals surface area contributed by atoms with Gasteiger partial charge in [0.25, 0.3) is 0 Å². The Labute approximate surface area is 109 Å². The van der Waals surface area contributed by atoms with Gasteiger partial charge in [-0.25, -0.2) is 0 Å². The fourth-order valence-electron chi connectivity index (χ4n) is 3.27. The first-order valence-corrected chi connectivity index (χ1v) is 6.87. The minimum atomic E-state index is -0.687. The zero-order valence-corrected chi connectivity index (χ0v) is 11.2. The van der Waals surface area contributed by atoms with Crippen LogP contribution >= 0.6 is 0 Å². The zero-order valence-electron chi connectivity index (χ0n) is 11.2. The van der Waals surface area contributed by atoms with Crippen molar-refractivity contribution in [3.63, 3.8) is 0 Å². The van der Waals surface area contributed by atoms with Crippen molar-refractivity contribution in [3.8, 4) is 6.07 Å². The number of hydrogen-bond donors (Lipinski definition) is 1. The Hall–Kier alpha value is -1.33. The van der Waals surface area contributed by atoms with E-state index in [9.17, 15) is 10.4 Å². The van der Waals surface area contributed by atoms with E-state index in [0.29, 0.717) is 0 Å². The van der Waals surface area contributed by atoms with E-state index in [1.54, 1.807) is 0 Å². The van der Waals surface area contributed by atoms with E-state index in [0.717, 1.165) is 31.2 Å². The third kappa shape index (κ3) is 1.83. The predicted octanol–water partition coefficient (Wildman–Crippen LogP) is 3.19. The van der Waals surface area contributed by atoms with E-state index in [4.69, 9.17) is 0 Å². The molecule has 0 saturated heterocycles. The highest BCUT2D eigenvalue weighted by molar-refractivity contribution is 5.45. The fourth-order valence-corrected chi connectivity index (χ4v) is 3.27. The molecule has 1 aromatic carbocycles. The summed E-state index contributed by atoms with van der Waals surface area (Å²) in [6.07, 6.45) is 2.94. The Morgan fingerprint density at radius 1 is 1.33 bits per heavy atom. The van der Waals surface area contributed by atoms with Gasteiger partial charge in [-0.1, -0.05) is 51.0 Å². The maximum atomic E-state index is 10.7. The lowest BCUT2D eigenvalue weighted by molar-refractivity contribution is 0.0482. The molecule has 18 heavy (non-hydrogen) atoms. The molecule has 0 radical (unpaired) electrons. The highest BCUT2D eigenvalue weighted by atomic mass is 16.3. The largest absolute Gasteiger partial charge is 0.391 e. The van der Waals surface area contributed by atoms with Crippen LogP contribution in [0.15, 0.2) is 24.3 Å². The van der Waals surface area contributed by atoms with Gasteiger partial charge in [0.1, 0.15) is 5.41 Å². The molecule has 0 bridgehead atoms. The maximum absolute atomic E-state index is 10.7. The zero-order chi connectivity index (χ0) is 13.2. The molecule has 0 spiro atoms. The first kappa shape index (κ1) is 13.1. The number of benzene rings is 1. The van der Waals surface area contributed by atoms with Crippen LogP contribution in [0.2, 0.25) is 0 Å². The minimum Gasteiger partial charge on any atom is -0.391 e. The van der Waals surface area contributed by atoms with Gasteiger partial charge in [-0.2, -0.15) is 5.26 Å². The number of nitrogens with zero attached hydrogens (tertiary/aromatic N) is 1. The van der Waals surface area contributed by atoms with Gasteiger partial charge in [0.15, 0.2) is 0 Å².